The van der Waals surface area contributed by atoms with E-state index in [1.54, 1.807) is 29.5 Å². The fourth-order valence-corrected chi connectivity index (χ4v) is 2.70. The monoisotopic (exact) mass is 286 g/mol. The first-order chi connectivity index (χ1) is 9.72. The molecule has 2 aromatic heterocycles. The van der Waals surface area contributed by atoms with Crippen LogP contribution in [0, 0.1) is 0 Å². The number of nitrogen functional groups attached to an aromatic ring is 1. The predicted molar refractivity (Wildman–Crippen MR) is 83.3 cm³/mol. The lowest BCUT2D eigenvalue weighted by molar-refractivity contribution is 0.990. The number of fused-ring (bicyclic) bond motifs is 1. The van der Waals surface area contributed by atoms with E-state index < -0.39 is 0 Å². The second-order valence-electron chi connectivity index (χ2n) is 4.50. The third kappa shape index (κ3) is 2.65. The Morgan fingerprint density at radius 3 is 3.05 bits per heavy atom. The van der Waals surface area contributed by atoms with Crippen LogP contribution in [0.2, 0.25) is 0 Å². The van der Waals surface area contributed by atoms with E-state index in [0.717, 1.165) is 13.0 Å². The number of hydrogen-bond acceptors (Lipinski definition) is 5. The van der Waals surface area contributed by atoms with Gasteiger partial charge in [-0.15, -0.1) is 0 Å². The molecule has 3 rings (SSSR count). The molecule has 1 aromatic carbocycles. The van der Waals surface area contributed by atoms with Crippen LogP contribution in [-0.2, 0) is 6.42 Å². The van der Waals surface area contributed by atoms with Gasteiger partial charge in [-0.05, 0) is 47.0 Å². The summed E-state index contributed by atoms with van der Waals surface area (Å²) in [6.45, 7) is 0.722. The number of aromatic amines is 1. The van der Waals surface area contributed by atoms with E-state index in [-0.39, 0.29) is 5.56 Å². The first-order valence-corrected chi connectivity index (χ1v) is 7.21. The average molecular weight is 286 g/mol. The number of benzene rings is 1. The molecule has 0 spiro atoms. The quantitative estimate of drug-likeness (QED) is 0.642. The topological polar surface area (TPSA) is 83.8 Å². The van der Waals surface area contributed by atoms with Gasteiger partial charge in [0.15, 0.2) is 0 Å². The minimum absolute atomic E-state index is 0.180. The first kappa shape index (κ1) is 12.7. The first-order valence-electron chi connectivity index (χ1n) is 6.27. The summed E-state index contributed by atoms with van der Waals surface area (Å²) in [4.78, 5) is 19.1. The zero-order valence-corrected chi connectivity index (χ0v) is 11.5. The maximum Gasteiger partial charge on any atom is 0.260 e. The van der Waals surface area contributed by atoms with Gasteiger partial charge in [0, 0.05) is 12.2 Å². The zero-order chi connectivity index (χ0) is 13.9. The highest BCUT2D eigenvalue weighted by Gasteiger charge is 2.04. The molecule has 0 radical (unpaired) electrons. The lowest BCUT2D eigenvalue weighted by atomic mass is 10.2. The summed E-state index contributed by atoms with van der Waals surface area (Å²) in [5, 5.41) is 7.81. The number of nitrogens with one attached hydrogen (secondary N) is 2. The molecule has 0 saturated carbocycles. The molecule has 0 fully saturated rings. The smallest absolute Gasteiger partial charge is 0.260 e. The van der Waals surface area contributed by atoms with Crippen molar-refractivity contribution >= 4 is 33.9 Å². The molecule has 2 heterocycles. The maximum absolute atomic E-state index is 12.0. The minimum Gasteiger partial charge on any atom is -0.399 e. The Labute approximate surface area is 119 Å². The highest BCUT2D eigenvalue weighted by Crippen LogP contribution is 2.13. The lowest BCUT2D eigenvalue weighted by Gasteiger charge is -2.06. The van der Waals surface area contributed by atoms with Crippen LogP contribution in [0.5, 0.6) is 0 Å². The summed E-state index contributed by atoms with van der Waals surface area (Å²) in [5.41, 5.74) is 7.96. The van der Waals surface area contributed by atoms with Gasteiger partial charge in [-0.1, -0.05) is 0 Å². The van der Waals surface area contributed by atoms with Gasteiger partial charge < -0.3 is 11.1 Å². The van der Waals surface area contributed by atoms with Gasteiger partial charge in [0.25, 0.3) is 5.56 Å². The number of nitrogens with zero attached hydrogens (tertiary/aromatic N) is 1. The number of aromatic nitrogens is 2. The van der Waals surface area contributed by atoms with Crippen molar-refractivity contribution in [3.8, 4) is 0 Å². The predicted octanol–water partition coefficient (Wildman–Crippen LogP) is 2.22. The van der Waals surface area contributed by atoms with Crippen molar-refractivity contribution in [1.82, 2.24) is 9.97 Å². The van der Waals surface area contributed by atoms with Gasteiger partial charge in [-0.25, -0.2) is 4.98 Å². The molecule has 5 nitrogen and oxygen atoms in total. The van der Waals surface area contributed by atoms with Gasteiger partial charge in [-0.3, -0.25) is 9.78 Å². The Kier molecular flexibility index (Phi) is 3.39. The summed E-state index contributed by atoms with van der Waals surface area (Å²) in [6.07, 6.45) is 0.896. The third-order valence-electron chi connectivity index (χ3n) is 3.02. The molecule has 0 saturated heterocycles. The number of hydrogen-bond donors (Lipinski definition) is 3. The summed E-state index contributed by atoms with van der Waals surface area (Å²) in [6, 6.07) is 7.22. The van der Waals surface area contributed by atoms with E-state index in [1.165, 1.54) is 5.56 Å². The Balaban J connectivity index is 1.78. The Morgan fingerprint density at radius 2 is 2.25 bits per heavy atom. The fourth-order valence-electron chi connectivity index (χ4n) is 2.00. The number of H-pyrrole nitrogens is 1. The average Bonchev–Trinajstić information content (AvgIpc) is 2.93. The Bertz CT molecular complexity index is 779. The van der Waals surface area contributed by atoms with Crippen LogP contribution in [0.4, 0.5) is 11.6 Å². The van der Waals surface area contributed by atoms with E-state index in [2.05, 4.69) is 32.1 Å². The molecule has 6 heteroatoms. The maximum atomic E-state index is 12.0. The summed E-state index contributed by atoms with van der Waals surface area (Å²) < 4.78 is 0. The molecule has 0 aliphatic carbocycles. The molecule has 0 atom stereocenters. The zero-order valence-electron chi connectivity index (χ0n) is 10.7. The molecular weight excluding hydrogens is 272 g/mol. The van der Waals surface area contributed by atoms with Gasteiger partial charge in [0.05, 0.1) is 10.9 Å². The van der Waals surface area contributed by atoms with Crippen LogP contribution in [0.15, 0.2) is 39.8 Å². The van der Waals surface area contributed by atoms with Crippen LogP contribution in [-0.4, -0.2) is 16.5 Å². The van der Waals surface area contributed by atoms with Crippen LogP contribution in [0.3, 0.4) is 0 Å². The van der Waals surface area contributed by atoms with Crippen molar-refractivity contribution < 1.29 is 0 Å². The molecule has 0 amide bonds. The van der Waals surface area contributed by atoms with E-state index in [1.807, 2.05) is 0 Å². The largest absolute Gasteiger partial charge is 0.399 e. The molecule has 102 valence electrons. The van der Waals surface area contributed by atoms with Crippen LogP contribution < -0.4 is 16.6 Å². The van der Waals surface area contributed by atoms with E-state index >= 15 is 0 Å². The van der Waals surface area contributed by atoms with Gasteiger partial charge in [0.2, 0.25) is 5.95 Å². The minimum atomic E-state index is -0.180. The summed E-state index contributed by atoms with van der Waals surface area (Å²) >= 11 is 1.68. The molecular formula is C14H14N4OS. The second kappa shape index (κ2) is 5.34. The Morgan fingerprint density at radius 1 is 1.35 bits per heavy atom. The Hall–Kier alpha value is -2.34. The molecule has 0 aliphatic rings. The molecule has 0 bridgehead atoms. The number of thiophene rings is 1. The number of rotatable bonds is 4. The number of nitrogens with two attached hydrogens (primary N) is 1. The van der Waals surface area contributed by atoms with Crippen molar-refractivity contribution in [2.45, 2.75) is 6.42 Å². The van der Waals surface area contributed by atoms with Crippen molar-refractivity contribution in [3.05, 3.63) is 50.9 Å². The van der Waals surface area contributed by atoms with Crippen LogP contribution in [0.25, 0.3) is 10.9 Å². The molecule has 20 heavy (non-hydrogen) atoms. The SMILES string of the molecule is Nc1ccc2nc(NCCc3ccsc3)[nH]c(=O)c2c1. The second-order valence-corrected chi connectivity index (χ2v) is 5.28. The number of anilines is 2. The third-order valence-corrected chi connectivity index (χ3v) is 3.75. The van der Waals surface area contributed by atoms with Crippen molar-refractivity contribution in [3.63, 3.8) is 0 Å². The van der Waals surface area contributed by atoms with E-state index in [4.69, 9.17) is 5.73 Å². The summed E-state index contributed by atoms with van der Waals surface area (Å²) in [5.74, 6) is 0.488. The highest BCUT2D eigenvalue weighted by molar-refractivity contribution is 7.07. The van der Waals surface area contributed by atoms with Gasteiger partial charge >= 0.3 is 0 Å². The van der Waals surface area contributed by atoms with Crippen LogP contribution >= 0.6 is 11.3 Å². The van der Waals surface area contributed by atoms with E-state index in [9.17, 15) is 4.79 Å². The van der Waals surface area contributed by atoms with Crippen LogP contribution in [0.1, 0.15) is 5.56 Å². The molecule has 0 unspecified atom stereocenters. The van der Waals surface area contributed by atoms with Crippen molar-refractivity contribution in [2.24, 2.45) is 0 Å². The van der Waals surface area contributed by atoms with Crippen molar-refractivity contribution in [1.29, 1.82) is 0 Å². The van der Waals surface area contributed by atoms with Crippen molar-refractivity contribution in [2.75, 3.05) is 17.6 Å². The summed E-state index contributed by atoms with van der Waals surface area (Å²) in [7, 11) is 0. The van der Waals surface area contributed by atoms with Gasteiger partial charge in [0.1, 0.15) is 0 Å². The van der Waals surface area contributed by atoms with Gasteiger partial charge in [-0.2, -0.15) is 11.3 Å². The fraction of sp³-hybridized carbons (Fsp3) is 0.143. The molecule has 3 aromatic rings. The lowest BCUT2D eigenvalue weighted by Crippen LogP contribution is -2.15. The molecule has 0 aliphatic heterocycles. The normalized spacial score (nSPS) is 10.8. The van der Waals surface area contributed by atoms with E-state index in [0.29, 0.717) is 22.5 Å². The standard InChI is InChI=1S/C14H14N4OS/c15-10-1-2-12-11(7-10)13(19)18-14(17-12)16-5-3-9-4-6-20-8-9/h1-2,4,6-8H,3,5,15H2,(H2,16,17,18,19). The molecule has 4 N–H and O–H groups in total. The highest BCUT2D eigenvalue weighted by atomic mass is 32.1.